The summed E-state index contributed by atoms with van der Waals surface area (Å²) < 4.78 is 0. The topological polar surface area (TPSA) is 48.9 Å². The van der Waals surface area contributed by atoms with Crippen LogP contribution in [0.2, 0.25) is 0 Å². The van der Waals surface area contributed by atoms with Gasteiger partial charge in [-0.25, -0.2) is 4.98 Å². The molecular formula is C23H21N2NaO. The second kappa shape index (κ2) is 8.68. The van der Waals surface area contributed by atoms with Crippen LogP contribution in [0.3, 0.4) is 0 Å². The number of benzene rings is 3. The van der Waals surface area contributed by atoms with Gasteiger partial charge in [-0.3, -0.25) is 0 Å². The van der Waals surface area contributed by atoms with Gasteiger partial charge in [-0.05, 0) is 16.7 Å². The molecule has 0 amide bonds. The van der Waals surface area contributed by atoms with E-state index in [0.29, 0.717) is 5.69 Å². The van der Waals surface area contributed by atoms with E-state index in [4.69, 9.17) is 0 Å². The Morgan fingerprint density at radius 2 is 1.11 bits per heavy atom. The van der Waals surface area contributed by atoms with Crippen LogP contribution in [0, 0.1) is 0 Å². The van der Waals surface area contributed by atoms with Gasteiger partial charge in [0.1, 0.15) is 6.10 Å². The predicted octanol–water partition coefficient (Wildman–Crippen LogP) is 3.83. The Labute approximate surface area is 181 Å². The molecule has 3 aromatic carbocycles. The van der Waals surface area contributed by atoms with Gasteiger partial charge in [0.25, 0.3) is 0 Å². The number of hydrogen-bond donors (Lipinski definition) is 2. The van der Waals surface area contributed by atoms with Gasteiger partial charge in [0, 0.05) is 6.20 Å². The van der Waals surface area contributed by atoms with Crippen molar-refractivity contribution in [3.8, 4) is 0 Å². The number of aliphatic hydroxyl groups is 1. The van der Waals surface area contributed by atoms with Crippen LogP contribution in [0.15, 0.2) is 104 Å². The average molecular weight is 364 g/mol. The van der Waals surface area contributed by atoms with Crippen LogP contribution in [0.4, 0.5) is 0 Å². The summed E-state index contributed by atoms with van der Waals surface area (Å²) in [6.45, 7) is 0. The van der Waals surface area contributed by atoms with Crippen LogP contribution in [0.1, 0.15) is 28.5 Å². The molecule has 0 aliphatic carbocycles. The summed E-state index contributed by atoms with van der Waals surface area (Å²) in [7, 11) is 0. The van der Waals surface area contributed by atoms with Crippen molar-refractivity contribution in [1.82, 2.24) is 9.97 Å². The summed E-state index contributed by atoms with van der Waals surface area (Å²) in [5.74, 6) is 0. The molecule has 1 atom stereocenters. The standard InChI is InChI=1S/C23H20N2O.Na.H/c26-22(21-16-24-17-25-21)23(18-10-4-1-5-11-18,19-12-6-2-7-13-19)20-14-8-3-9-15-20;;/h1-17,22,26H,(H,24,25);;. The first-order valence-corrected chi connectivity index (χ1v) is 8.67. The summed E-state index contributed by atoms with van der Waals surface area (Å²) in [5, 5.41) is 11.6. The second-order valence-electron chi connectivity index (χ2n) is 6.30. The second-order valence-corrected chi connectivity index (χ2v) is 6.30. The molecule has 0 radical (unpaired) electrons. The van der Waals surface area contributed by atoms with Crippen LogP contribution in [0.5, 0.6) is 0 Å². The summed E-state index contributed by atoms with van der Waals surface area (Å²) >= 11 is 0. The van der Waals surface area contributed by atoms with E-state index in [-0.39, 0.29) is 29.6 Å². The minimum absolute atomic E-state index is 0. The molecule has 1 heterocycles. The van der Waals surface area contributed by atoms with E-state index in [0.717, 1.165) is 16.7 Å². The molecule has 1 aromatic heterocycles. The van der Waals surface area contributed by atoms with Crippen LogP contribution >= 0.6 is 0 Å². The van der Waals surface area contributed by atoms with Gasteiger partial charge < -0.3 is 10.1 Å². The van der Waals surface area contributed by atoms with Crippen molar-refractivity contribution in [1.29, 1.82) is 0 Å². The van der Waals surface area contributed by atoms with Crippen molar-refractivity contribution in [2.45, 2.75) is 11.5 Å². The molecular weight excluding hydrogens is 343 g/mol. The van der Waals surface area contributed by atoms with Gasteiger partial charge >= 0.3 is 29.6 Å². The number of hydrogen-bond acceptors (Lipinski definition) is 2. The number of H-pyrrole nitrogens is 1. The third-order valence-electron chi connectivity index (χ3n) is 4.90. The molecule has 0 aliphatic heterocycles. The van der Waals surface area contributed by atoms with Crippen LogP contribution in [-0.2, 0) is 5.41 Å². The maximum absolute atomic E-state index is 11.6. The minimum atomic E-state index is -0.846. The van der Waals surface area contributed by atoms with Crippen molar-refractivity contribution >= 4 is 29.6 Å². The third-order valence-corrected chi connectivity index (χ3v) is 4.90. The molecule has 0 aliphatic rings. The predicted molar refractivity (Wildman–Crippen MR) is 110 cm³/mol. The van der Waals surface area contributed by atoms with E-state index in [2.05, 4.69) is 46.4 Å². The van der Waals surface area contributed by atoms with Crippen LogP contribution in [-0.4, -0.2) is 44.6 Å². The molecule has 2 N–H and O–H groups in total. The summed E-state index contributed by atoms with van der Waals surface area (Å²) in [4.78, 5) is 7.32. The Hall–Kier alpha value is -2.17. The Kier molecular flexibility index (Phi) is 6.30. The number of imidazole rings is 1. The van der Waals surface area contributed by atoms with Crippen molar-refractivity contribution in [2.75, 3.05) is 0 Å². The van der Waals surface area contributed by atoms with Gasteiger partial charge in [0.05, 0.1) is 17.4 Å². The number of rotatable bonds is 5. The Bertz CT molecular complexity index is 845. The first-order chi connectivity index (χ1) is 12.8. The monoisotopic (exact) mass is 364 g/mol. The molecule has 0 spiro atoms. The van der Waals surface area contributed by atoms with Crippen molar-refractivity contribution in [2.24, 2.45) is 0 Å². The molecule has 0 bridgehead atoms. The number of aromatic amines is 1. The van der Waals surface area contributed by atoms with E-state index >= 15 is 0 Å². The Balaban J connectivity index is 0.00000210. The van der Waals surface area contributed by atoms with E-state index in [1.807, 2.05) is 54.6 Å². The normalized spacial score (nSPS) is 12.2. The van der Waals surface area contributed by atoms with E-state index in [1.54, 1.807) is 12.5 Å². The number of nitrogens with zero attached hydrogens (tertiary/aromatic N) is 1. The zero-order valence-electron chi connectivity index (χ0n) is 14.3. The number of nitrogens with one attached hydrogen (secondary N) is 1. The zero-order chi connectivity index (χ0) is 17.8. The molecule has 4 aromatic rings. The Morgan fingerprint density at radius 1 is 0.704 bits per heavy atom. The van der Waals surface area contributed by atoms with E-state index < -0.39 is 11.5 Å². The van der Waals surface area contributed by atoms with Crippen molar-refractivity contribution in [3.05, 3.63) is 126 Å². The van der Waals surface area contributed by atoms with Crippen molar-refractivity contribution in [3.63, 3.8) is 0 Å². The van der Waals surface area contributed by atoms with Crippen LogP contribution in [0.25, 0.3) is 0 Å². The number of aromatic nitrogens is 2. The molecule has 3 nitrogen and oxygen atoms in total. The molecule has 1 unspecified atom stereocenters. The molecule has 0 saturated heterocycles. The fraction of sp³-hybridized carbons (Fsp3) is 0.0870. The van der Waals surface area contributed by atoms with Crippen molar-refractivity contribution < 1.29 is 5.11 Å². The molecule has 4 heteroatoms. The van der Waals surface area contributed by atoms with Crippen LogP contribution < -0.4 is 0 Å². The van der Waals surface area contributed by atoms with E-state index in [1.165, 1.54) is 0 Å². The summed E-state index contributed by atoms with van der Waals surface area (Å²) in [6, 6.07) is 30.4. The zero-order valence-corrected chi connectivity index (χ0v) is 14.3. The third kappa shape index (κ3) is 3.52. The first-order valence-electron chi connectivity index (χ1n) is 8.67. The first kappa shape index (κ1) is 19.6. The Morgan fingerprint density at radius 3 is 1.44 bits per heavy atom. The van der Waals surface area contributed by atoms with Gasteiger partial charge in [-0.1, -0.05) is 91.0 Å². The van der Waals surface area contributed by atoms with Gasteiger partial charge in [-0.15, -0.1) is 0 Å². The molecule has 0 fully saturated rings. The van der Waals surface area contributed by atoms with Gasteiger partial charge in [0.15, 0.2) is 0 Å². The summed E-state index contributed by atoms with van der Waals surface area (Å²) in [5.41, 5.74) is 2.91. The maximum atomic E-state index is 11.6. The molecule has 27 heavy (non-hydrogen) atoms. The number of aliphatic hydroxyl groups excluding tert-OH is 1. The summed E-state index contributed by atoms with van der Waals surface area (Å²) in [6.07, 6.45) is 2.51. The van der Waals surface area contributed by atoms with Gasteiger partial charge in [0.2, 0.25) is 0 Å². The molecule has 130 valence electrons. The van der Waals surface area contributed by atoms with E-state index in [9.17, 15) is 5.11 Å². The van der Waals surface area contributed by atoms with Gasteiger partial charge in [-0.2, -0.15) is 0 Å². The fourth-order valence-electron chi connectivity index (χ4n) is 3.72. The fourth-order valence-corrected chi connectivity index (χ4v) is 3.72. The molecule has 4 rings (SSSR count). The SMILES string of the molecule is OC(c1c[nH]cn1)C(c1ccccc1)(c1ccccc1)c1ccccc1.[NaH]. The quantitative estimate of drug-likeness (QED) is 0.418. The average Bonchev–Trinajstić information content (AvgIpc) is 3.26. The molecule has 0 saturated carbocycles.